The van der Waals surface area contributed by atoms with Crippen molar-refractivity contribution in [3.05, 3.63) is 38.0 Å². The maximum absolute atomic E-state index is 11.0. The van der Waals surface area contributed by atoms with Crippen molar-refractivity contribution in [2.75, 3.05) is 0 Å². The van der Waals surface area contributed by atoms with Gasteiger partial charge in [0.15, 0.2) is 0 Å². The quantitative estimate of drug-likeness (QED) is 0.425. The van der Waals surface area contributed by atoms with Crippen LogP contribution in [0.3, 0.4) is 0 Å². The van der Waals surface area contributed by atoms with Crippen LogP contribution in [0.2, 0.25) is 0 Å². The number of hydrogen-bond acceptors (Lipinski definition) is 3. The standard InChI is InChI=1S/3C3H5NO.Sb/c3*1-2-3(4)5;/h3*2H,1H2,(H2,4,5);/q;;;+3/p-3. The number of hydrogen-bond donors (Lipinski definition) is 3. The molecule has 0 atom stereocenters. The molecule has 0 rings (SSSR count). The van der Waals surface area contributed by atoms with Crippen molar-refractivity contribution in [3.63, 3.8) is 0 Å². The van der Waals surface area contributed by atoms with E-state index in [9.17, 15) is 14.4 Å². The van der Waals surface area contributed by atoms with E-state index in [4.69, 9.17) is 0 Å². The van der Waals surface area contributed by atoms with Gasteiger partial charge in [-0.3, -0.25) is 0 Å². The second-order valence-corrected chi connectivity index (χ2v) is 6.21. The van der Waals surface area contributed by atoms with E-state index >= 15 is 0 Å². The first-order valence-electron chi connectivity index (χ1n) is 4.12. The van der Waals surface area contributed by atoms with Crippen LogP contribution in [0.5, 0.6) is 0 Å². The summed E-state index contributed by atoms with van der Waals surface area (Å²) in [5, 5.41) is 0. The molecule has 0 bridgehead atoms. The molecule has 0 saturated carbocycles. The summed E-state index contributed by atoms with van der Waals surface area (Å²) in [6, 6.07) is 0. The van der Waals surface area contributed by atoms with Crippen molar-refractivity contribution in [2.45, 2.75) is 0 Å². The number of amides is 3. The predicted octanol–water partition coefficient (Wildman–Crippen LogP) is -1.12. The van der Waals surface area contributed by atoms with Crippen LogP contribution in [0.25, 0.3) is 0 Å². The molecule has 16 heavy (non-hydrogen) atoms. The SMILES string of the molecule is C=CC(=O)[NH][Sb]([NH]C(=O)C=C)[NH]C(=O)C=C. The second kappa shape index (κ2) is 7.70. The Morgan fingerprint density at radius 3 is 1.19 bits per heavy atom. The fourth-order valence-corrected chi connectivity index (χ4v) is 3.70. The van der Waals surface area contributed by atoms with Gasteiger partial charge in [-0.2, -0.15) is 0 Å². The van der Waals surface area contributed by atoms with Gasteiger partial charge in [-0.1, -0.05) is 0 Å². The first-order chi connectivity index (χ1) is 7.53. The van der Waals surface area contributed by atoms with Crippen LogP contribution in [0, 0.1) is 0 Å². The third kappa shape index (κ3) is 6.03. The molecule has 0 unspecified atom stereocenters. The molecule has 0 aliphatic heterocycles. The molecule has 3 N–H and O–H groups in total. The van der Waals surface area contributed by atoms with Gasteiger partial charge in [0.1, 0.15) is 0 Å². The second-order valence-electron chi connectivity index (χ2n) is 2.38. The molecule has 0 aromatic heterocycles. The Bertz CT molecular complexity index is 289. The summed E-state index contributed by atoms with van der Waals surface area (Å²) in [4.78, 5) is 33.1. The van der Waals surface area contributed by atoms with E-state index in [0.29, 0.717) is 0 Å². The van der Waals surface area contributed by atoms with Crippen LogP contribution in [0.4, 0.5) is 0 Å². The third-order valence-corrected chi connectivity index (χ3v) is 5.02. The zero-order valence-corrected chi connectivity index (χ0v) is 11.1. The zero-order valence-electron chi connectivity index (χ0n) is 8.53. The molecule has 0 aromatic rings. The average Bonchev–Trinajstić information content (AvgIpc) is 2.28. The summed E-state index contributed by atoms with van der Waals surface area (Å²) in [6.07, 6.45) is 3.16. The Morgan fingerprint density at radius 1 is 0.750 bits per heavy atom. The van der Waals surface area contributed by atoms with Crippen molar-refractivity contribution in [1.82, 2.24) is 10.4 Å². The van der Waals surface area contributed by atoms with E-state index in [-0.39, 0.29) is 0 Å². The Hall–Kier alpha value is -1.55. The summed E-state index contributed by atoms with van der Waals surface area (Å²) in [5.74, 6) is -1.38. The van der Waals surface area contributed by atoms with Gasteiger partial charge in [-0.05, 0) is 0 Å². The van der Waals surface area contributed by atoms with E-state index in [1.165, 1.54) is 0 Å². The fraction of sp³-hybridized carbons (Fsp3) is 0. The van der Waals surface area contributed by atoms with E-state index in [1.807, 2.05) is 0 Å². The van der Waals surface area contributed by atoms with Crippen molar-refractivity contribution in [2.24, 2.45) is 0 Å². The van der Waals surface area contributed by atoms with Crippen LogP contribution in [0.15, 0.2) is 38.0 Å². The number of carbonyl (C=O) groups is 3. The van der Waals surface area contributed by atoms with Gasteiger partial charge in [-0.25, -0.2) is 0 Å². The molecular weight excluding hydrogens is 320 g/mol. The summed E-state index contributed by atoms with van der Waals surface area (Å²) >= 11 is -2.93. The first kappa shape index (κ1) is 14.4. The van der Waals surface area contributed by atoms with Crippen molar-refractivity contribution < 1.29 is 14.4 Å². The van der Waals surface area contributed by atoms with Gasteiger partial charge >= 0.3 is 102 Å². The summed E-state index contributed by atoms with van der Waals surface area (Å²) < 4.78 is 7.39. The molecule has 0 aliphatic carbocycles. The average molecular weight is 332 g/mol. The number of carbonyl (C=O) groups excluding carboxylic acids is 3. The minimum absolute atomic E-state index is 0.461. The van der Waals surface area contributed by atoms with Crippen molar-refractivity contribution >= 4 is 38.8 Å². The Kier molecular flexibility index (Phi) is 6.96. The van der Waals surface area contributed by atoms with Crippen molar-refractivity contribution in [3.8, 4) is 0 Å². The van der Waals surface area contributed by atoms with Gasteiger partial charge in [0, 0.05) is 0 Å². The normalized spacial score (nSPS) is 8.81. The Morgan fingerprint density at radius 2 is 1.00 bits per heavy atom. The summed E-state index contributed by atoms with van der Waals surface area (Å²) in [5.41, 5.74) is 0. The van der Waals surface area contributed by atoms with Crippen LogP contribution in [-0.2, 0) is 14.4 Å². The molecule has 6 nitrogen and oxygen atoms in total. The molecule has 0 aliphatic rings. The third-order valence-electron chi connectivity index (χ3n) is 1.22. The van der Waals surface area contributed by atoms with Gasteiger partial charge in [0.05, 0.1) is 0 Å². The Balaban J connectivity index is 4.48. The summed E-state index contributed by atoms with van der Waals surface area (Å²) in [7, 11) is 0. The van der Waals surface area contributed by atoms with E-state index in [2.05, 4.69) is 30.2 Å². The molecule has 7 heteroatoms. The maximum atomic E-state index is 11.0. The number of rotatable bonds is 6. The molecule has 86 valence electrons. The van der Waals surface area contributed by atoms with E-state index in [0.717, 1.165) is 18.2 Å². The molecule has 3 amide bonds. The van der Waals surface area contributed by atoms with Gasteiger partial charge < -0.3 is 0 Å². The van der Waals surface area contributed by atoms with Gasteiger partial charge in [-0.15, -0.1) is 0 Å². The van der Waals surface area contributed by atoms with Crippen molar-refractivity contribution in [1.29, 1.82) is 0 Å². The molecule has 0 saturated heterocycles. The molecule has 0 heterocycles. The fourth-order valence-electron chi connectivity index (χ4n) is 0.551. The van der Waals surface area contributed by atoms with Crippen LogP contribution < -0.4 is 10.4 Å². The van der Waals surface area contributed by atoms with Crippen LogP contribution >= 0.6 is 0 Å². The minimum atomic E-state index is -2.93. The number of nitrogens with one attached hydrogen (secondary N) is 3. The topological polar surface area (TPSA) is 87.3 Å². The van der Waals surface area contributed by atoms with Crippen LogP contribution in [-0.4, -0.2) is 38.8 Å². The zero-order chi connectivity index (χ0) is 12.6. The van der Waals surface area contributed by atoms with Crippen LogP contribution in [0.1, 0.15) is 0 Å². The van der Waals surface area contributed by atoms with E-state index < -0.39 is 38.8 Å². The predicted molar refractivity (Wildman–Crippen MR) is 60.8 cm³/mol. The molecular formula is C9H12N3O3Sb. The van der Waals surface area contributed by atoms with E-state index in [1.54, 1.807) is 0 Å². The first-order valence-corrected chi connectivity index (χ1v) is 7.95. The van der Waals surface area contributed by atoms with Gasteiger partial charge in [0.2, 0.25) is 0 Å². The summed E-state index contributed by atoms with van der Waals surface area (Å²) in [6.45, 7) is 9.79. The monoisotopic (exact) mass is 331 g/mol. The van der Waals surface area contributed by atoms with Gasteiger partial charge in [0.25, 0.3) is 0 Å². The molecule has 0 aromatic carbocycles. The molecule has 0 spiro atoms. The molecule has 0 fully saturated rings. The Labute approximate surface area is 102 Å². The molecule has 0 radical (unpaired) electrons.